The summed E-state index contributed by atoms with van der Waals surface area (Å²) >= 11 is 0. The van der Waals surface area contributed by atoms with Gasteiger partial charge in [0.1, 0.15) is 0 Å². The van der Waals surface area contributed by atoms with Crippen molar-refractivity contribution in [2.75, 3.05) is 31.5 Å². The first-order valence-electron chi connectivity index (χ1n) is 9.35. The summed E-state index contributed by atoms with van der Waals surface area (Å²) in [4.78, 5) is 29.1. The van der Waals surface area contributed by atoms with E-state index in [9.17, 15) is 9.59 Å². The third-order valence-corrected chi connectivity index (χ3v) is 5.15. The lowest BCUT2D eigenvalue weighted by atomic mass is 9.83. The Bertz CT molecular complexity index is 809. The fourth-order valence-electron chi connectivity index (χ4n) is 3.41. The molecule has 0 atom stereocenters. The van der Waals surface area contributed by atoms with E-state index < -0.39 is 5.41 Å². The van der Waals surface area contributed by atoms with Crippen LogP contribution >= 0.6 is 0 Å². The predicted molar refractivity (Wildman–Crippen MR) is 108 cm³/mol. The van der Waals surface area contributed by atoms with E-state index in [0.717, 1.165) is 16.8 Å². The van der Waals surface area contributed by atoms with E-state index in [1.807, 2.05) is 80.3 Å². The highest BCUT2D eigenvalue weighted by atomic mass is 16.2. The largest absolute Gasteiger partial charge is 0.338 e. The number of hydrogen-bond donors (Lipinski definition) is 1. The standard InChI is InChI=1S/C22H27N3O2/c1-17-8-7-11-19(16-17)23-21(27)25-14-12-24(13-15-25)20(26)22(2,3)18-9-5-4-6-10-18/h4-11,16H,12-15H2,1-3H3,(H,23,27). The summed E-state index contributed by atoms with van der Waals surface area (Å²) in [6.07, 6.45) is 0. The Morgan fingerprint density at radius 3 is 2.15 bits per heavy atom. The lowest BCUT2D eigenvalue weighted by Crippen LogP contribution is -2.55. The van der Waals surface area contributed by atoms with Gasteiger partial charge in [0.15, 0.2) is 0 Å². The number of piperazine rings is 1. The van der Waals surface area contributed by atoms with Gasteiger partial charge in [-0.15, -0.1) is 0 Å². The van der Waals surface area contributed by atoms with E-state index in [1.165, 1.54) is 0 Å². The smallest absolute Gasteiger partial charge is 0.321 e. The van der Waals surface area contributed by atoms with Crippen LogP contribution in [0.5, 0.6) is 0 Å². The van der Waals surface area contributed by atoms with Gasteiger partial charge in [0.05, 0.1) is 5.41 Å². The summed E-state index contributed by atoms with van der Waals surface area (Å²) in [7, 11) is 0. The number of nitrogens with one attached hydrogen (secondary N) is 1. The number of carbonyl (C=O) groups is 2. The van der Waals surface area contributed by atoms with Crippen molar-refractivity contribution < 1.29 is 9.59 Å². The molecular weight excluding hydrogens is 338 g/mol. The average molecular weight is 365 g/mol. The zero-order chi connectivity index (χ0) is 19.4. The van der Waals surface area contributed by atoms with E-state index >= 15 is 0 Å². The van der Waals surface area contributed by atoms with Gasteiger partial charge in [-0.3, -0.25) is 4.79 Å². The molecule has 2 aromatic carbocycles. The average Bonchev–Trinajstić information content (AvgIpc) is 2.68. The Morgan fingerprint density at radius 2 is 1.52 bits per heavy atom. The van der Waals surface area contributed by atoms with Crippen LogP contribution in [0.3, 0.4) is 0 Å². The molecule has 0 radical (unpaired) electrons. The zero-order valence-electron chi connectivity index (χ0n) is 16.2. The fourth-order valence-corrected chi connectivity index (χ4v) is 3.41. The van der Waals surface area contributed by atoms with Crippen LogP contribution in [0.25, 0.3) is 0 Å². The molecule has 1 fully saturated rings. The van der Waals surface area contributed by atoms with Gasteiger partial charge in [0, 0.05) is 31.9 Å². The van der Waals surface area contributed by atoms with Crippen LogP contribution in [0.2, 0.25) is 0 Å². The second-order valence-corrected chi connectivity index (χ2v) is 7.57. The van der Waals surface area contributed by atoms with Crippen molar-refractivity contribution in [2.45, 2.75) is 26.2 Å². The van der Waals surface area contributed by atoms with Crippen molar-refractivity contribution in [3.05, 3.63) is 65.7 Å². The van der Waals surface area contributed by atoms with Gasteiger partial charge in [-0.1, -0.05) is 42.5 Å². The van der Waals surface area contributed by atoms with Gasteiger partial charge in [-0.2, -0.15) is 0 Å². The highest BCUT2D eigenvalue weighted by molar-refractivity contribution is 5.90. The summed E-state index contributed by atoms with van der Waals surface area (Å²) in [5, 5.41) is 2.94. The molecule has 0 aromatic heterocycles. The number of carbonyl (C=O) groups excluding carboxylic acids is 2. The maximum absolute atomic E-state index is 13.0. The second kappa shape index (κ2) is 7.82. The Kier molecular flexibility index (Phi) is 5.49. The number of hydrogen-bond acceptors (Lipinski definition) is 2. The van der Waals surface area contributed by atoms with Gasteiger partial charge < -0.3 is 15.1 Å². The minimum absolute atomic E-state index is 0.104. The molecule has 1 N–H and O–H groups in total. The molecule has 3 amide bonds. The van der Waals surface area contributed by atoms with Crippen molar-refractivity contribution in [3.63, 3.8) is 0 Å². The Hall–Kier alpha value is -2.82. The Morgan fingerprint density at radius 1 is 0.889 bits per heavy atom. The van der Waals surface area contributed by atoms with Crippen molar-refractivity contribution >= 4 is 17.6 Å². The second-order valence-electron chi connectivity index (χ2n) is 7.57. The molecule has 1 aliphatic heterocycles. The molecule has 3 rings (SSSR count). The van der Waals surface area contributed by atoms with E-state index in [0.29, 0.717) is 26.2 Å². The molecule has 0 saturated carbocycles. The lowest BCUT2D eigenvalue weighted by Gasteiger charge is -2.38. The first-order valence-corrected chi connectivity index (χ1v) is 9.35. The molecule has 5 nitrogen and oxygen atoms in total. The summed E-state index contributed by atoms with van der Waals surface area (Å²) in [6.45, 7) is 8.09. The summed E-state index contributed by atoms with van der Waals surface area (Å²) < 4.78 is 0. The molecule has 1 aliphatic rings. The number of aryl methyl sites for hydroxylation is 1. The highest BCUT2D eigenvalue weighted by Crippen LogP contribution is 2.26. The maximum Gasteiger partial charge on any atom is 0.321 e. The van der Waals surface area contributed by atoms with Crippen LogP contribution in [0, 0.1) is 6.92 Å². The summed E-state index contributed by atoms with van der Waals surface area (Å²) in [5.74, 6) is 0.104. The van der Waals surface area contributed by atoms with E-state index in [1.54, 1.807) is 4.90 Å². The van der Waals surface area contributed by atoms with Crippen LogP contribution in [0.1, 0.15) is 25.0 Å². The molecule has 1 heterocycles. The molecule has 2 aromatic rings. The molecule has 0 aliphatic carbocycles. The van der Waals surface area contributed by atoms with Gasteiger partial charge in [0.25, 0.3) is 0 Å². The van der Waals surface area contributed by atoms with Gasteiger partial charge in [0.2, 0.25) is 5.91 Å². The topological polar surface area (TPSA) is 52.7 Å². The van der Waals surface area contributed by atoms with Gasteiger partial charge in [-0.05, 0) is 44.0 Å². The first kappa shape index (κ1) is 19.0. The number of urea groups is 1. The number of anilines is 1. The quantitative estimate of drug-likeness (QED) is 0.903. The van der Waals surface area contributed by atoms with E-state index in [-0.39, 0.29) is 11.9 Å². The minimum atomic E-state index is -0.576. The van der Waals surface area contributed by atoms with Crippen LogP contribution in [-0.2, 0) is 10.2 Å². The maximum atomic E-state index is 13.0. The summed E-state index contributed by atoms with van der Waals surface area (Å²) in [6, 6.07) is 17.5. The van der Waals surface area contributed by atoms with E-state index in [4.69, 9.17) is 0 Å². The van der Waals surface area contributed by atoms with Crippen LogP contribution in [0.15, 0.2) is 54.6 Å². The molecular formula is C22H27N3O2. The van der Waals surface area contributed by atoms with Crippen LogP contribution in [0.4, 0.5) is 10.5 Å². The molecule has 142 valence electrons. The van der Waals surface area contributed by atoms with Crippen molar-refractivity contribution in [1.82, 2.24) is 9.80 Å². The fraction of sp³-hybridized carbons (Fsp3) is 0.364. The Balaban J connectivity index is 1.58. The lowest BCUT2D eigenvalue weighted by molar-refractivity contribution is -0.137. The molecule has 0 bridgehead atoms. The normalized spacial score (nSPS) is 14.8. The van der Waals surface area contributed by atoms with Gasteiger partial charge >= 0.3 is 6.03 Å². The van der Waals surface area contributed by atoms with Crippen molar-refractivity contribution in [1.29, 1.82) is 0 Å². The number of amides is 3. The summed E-state index contributed by atoms with van der Waals surface area (Å²) in [5.41, 5.74) is 2.33. The predicted octanol–water partition coefficient (Wildman–Crippen LogP) is 3.65. The molecule has 5 heteroatoms. The van der Waals surface area contributed by atoms with Crippen molar-refractivity contribution in [3.8, 4) is 0 Å². The number of rotatable bonds is 3. The van der Waals surface area contributed by atoms with E-state index in [2.05, 4.69) is 5.32 Å². The monoisotopic (exact) mass is 365 g/mol. The SMILES string of the molecule is Cc1cccc(NC(=O)N2CCN(C(=O)C(C)(C)c3ccccc3)CC2)c1. The molecule has 1 saturated heterocycles. The zero-order valence-corrected chi connectivity index (χ0v) is 16.2. The molecule has 0 unspecified atom stereocenters. The molecule has 27 heavy (non-hydrogen) atoms. The first-order chi connectivity index (χ1) is 12.9. The number of nitrogens with zero attached hydrogens (tertiary/aromatic N) is 2. The number of benzene rings is 2. The molecule has 0 spiro atoms. The highest BCUT2D eigenvalue weighted by Gasteiger charge is 2.35. The van der Waals surface area contributed by atoms with Crippen LogP contribution < -0.4 is 5.32 Å². The Labute approximate surface area is 161 Å². The third kappa shape index (κ3) is 4.30. The van der Waals surface area contributed by atoms with Crippen molar-refractivity contribution in [2.24, 2.45) is 0 Å². The minimum Gasteiger partial charge on any atom is -0.338 e. The van der Waals surface area contributed by atoms with Crippen LogP contribution in [-0.4, -0.2) is 47.9 Å². The third-order valence-electron chi connectivity index (χ3n) is 5.15. The van der Waals surface area contributed by atoms with Gasteiger partial charge in [-0.25, -0.2) is 4.79 Å².